The van der Waals surface area contributed by atoms with Gasteiger partial charge in [-0.25, -0.2) is 0 Å². The molecule has 1 aliphatic heterocycles. The number of benzene rings is 1. The summed E-state index contributed by atoms with van der Waals surface area (Å²) in [4.78, 5) is 27.4. The molecule has 1 saturated carbocycles. The van der Waals surface area contributed by atoms with Crippen molar-refractivity contribution in [1.29, 1.82) is 0 Å². The van der Waals surface area contributed by atoms with Crippen LogP contribution in [0.1, 0.15) is 38.2 Å². The minimum atomic E-state index is -0.807. The summed E-state index contributed by atoms with van der Waals surface area (Å²) in [6.45, 7) is 4.28. The minimum absolute atomic E-state index is 0.0259. The van der Waals surface area contributed by atoms with Crippen molar-refractivity contribution in [3.63, 3.8) is 0 Å². The molecule has 6 heteroatoms. The van der Waals surface area contributed by atoms with Crippen LogP contribution in [0.3, 0.4) is 0 Å². The molecule has 3 rings (SSSR count). The van der Waals surface area contributed by atoms with Gasteiger partial charge in [-0.1, -0.05) is 13.0 Å². The Bertz CT molecular complexity index is 691. The molecule has 2 fully saturated rings. The zero-order valence-electron chi connectivity index (χ0n) is 16.5. The van der Waals surface area contributed by atoms with Gasteiger partial charge in [0.25, 0.3) is 0 Å². The van der Waals surface area contributed by atoms with E-state index in [-0.39, 0.29) is 11.8 Å². The van der Waals surface area contributed by atoms with E-state index in [2.05, 4.69) is 12.2 Å². The highest BCUT2D eigenvalue weighted by Crippen LogP contribution is 2.48. The van der Waals surface area contributed by atoms with Gasteiger partial charge in [0.15, 0.2) is 11.5 Å². The summed E-state index contributed by atoms with van der Waals surface area (Å²) < 4.78 is 10.6. The van der Waals surface area contributed by atoms with Crippen LogP contribution in [0.25, 0.3) is 0 Å². The third-order valence-corrected chi connectivity index (χ3v) is 5.81. The number of hydrogen-bond donors (Lipinski definition) is 1. The van der Waals surface area contributed by atoms with Crippen molar-refractivity contribution in [2.75, 3.05) is 33.9 Å². The SMILES string of the molecule is COc1ccc(CCNC(=O)C2(C(=O)N3CCC(C)CC3)CC2)cc1OC. The molecule has 1 heterocycles. The molecular formula is C21H30N2O4. The Balaban J connectivity index is 1.52. The monoisotopic (exact) mass is 374 g/mol. The average Bonchev–Trinajstić information content (AvgIpc) is 3.50. The molecule has 0 radical (unpaired) electrons. The molecule has 0 atom stereocenters. The van der Waals surface area contributed by atoms with Crippen LogP contribution < -0.4 is 14.8 Å². The predicted octanol–water partition coefficient (Wildman–Crippen LogP) is 2.40. The fraction of sp³-hybridized carbons (Fsp3) is 0.619. The van der Waals surface area contributed by atoms with Crippen LogP contribution in [0.15, 0.2) is 18.2 Å². The number of nitrogens with zero attached hydrogens (tertiary/aromatic N) is 1. The second-order valence-corrected chi connectivity index (χ2v) is 7.75. The summed E-state index contributed by atoms with van der Waals surface area (Å²) in [6, 6.07) is 5.73. The van der Waals surface area contributed by atoms with E-state index in [4.69, 9.17) is 9.47 Å². The van der Waals surface area contributed by atoms with Gasteiger partial charge in [-0.3, -0.25) is 9.59 Å². The number of amides is 2. The van der Waals surface area contributed by atoms with E-state index in [1.54, 1.807) is 14.2 Å². The number of nitrogens with one attached hydrogen (secondary N) is 1. The van der Waals surface area contributed by atoms with Gasteiger partial charge in [0, 0.05) is 19.6 Å². The molecule has 148 valence electrons. The minimum Gasteiger partial charge on any atom is -0.493 e. The number of likely N-dealkylation sites (tertiary alicyclic amines) is 1. The Kier molecular flexibility index (Phi) is 5.92. The maximum atomic E-state index is 12.9. The average molecular weight is 374 g/mol. The maximum absolute atomic E-state index is 12.9. The molecule has 27 heavy (non-hydrogen) atoms. The molecule has 2 aliphatic rings. The lowest BCUT2D eigenvalue weighted by molar-refractivity contribution is -0.145. The summed E-state index contributed by atoms with van der Waals surface area (Å²) in [5.41, 5.74) is 0.243. The molecule has 1 aromatic carbocycles. The van der Waals surface area contributed by atoms with Crippen molar-refractivity contribution in [3.05, 3.63) is 23.8 Å². The lowest BCUT2D eigenvalue weighted by Gasteiger charge is -2.32. The van der Waals surface area contributed by atoms with Crippen LogP contribution in [0.5, 0.6) is 11.5 Å². The van der Waals surface area contributed by atoms with Gasteiger partial charge in [0.05, 0.1) is 14.2 Å². The lowest BCUT2D eigenvalue weighted by atomic mass is 9.96. The molecule has 6 nitrogen and oxygen atoms in total. The standard InChI is InChI=1S/C21H30N2O4/c1-15-7-12-23(13-8-15)20(25)21(9-10-21)19(24)22-11-6-16-4-5-17(26-2)18(14-16)27-3/h4-5,14-15H,6-13H2,1-3H3,(H,22,24). The quantitative estimate of drug-likeness (QED) is 0.744. The number of ether oxygens (including phenoxy) is 2. The Morgan fingerprint density at radius 2 is 1.81 bits per heavy atom. The molecule has 0 bridgehead atoms. The van der Waals surface area contributed by atoms with Gasteiger partial charge < -0.3 is 19.7 Å². The van der Waals surface area contributed by atoms with E-state index in [1.807, 2.05) is 23.1 Å². The van der Waals surface area contributed by atoms with E-state index in [9.17, 15) is 9.59 Å². The van der Waals surface area contributed by atoms with Crippen molar-refractivity contribution in [3.8, 4) is 11.5 Å². The maximum Gasteiger partial charge on any atom is 0.238 e. The summed E-state index contributed by atoms with van der Waals surface area (Å²) >= 11 is 0. The third kappa shape index (κ3) is 4.20. The number of carbonyl (C=O) groups excluding carboxylic acids is 2. The highest BCUT2D eigenvalue weighted by atomic mass is 16.5. The second kappa shape index (κ2) is 8.19. The van der Waals surface area contributed by atoms with Crippen LogP contribution in [0.2, 0.25) is 0 Å². The van der Waals surface area contributed by atoms with Crippen LogP contribution >= 0.6 is 0 Å². The third-order valence-electron chi connectivity index (χ3n) is 5.81. The van der Waals surface area contributed by atoms with Crippen molar-refractivity contribution < 1.29 is 19.1 Å². The lowest BCUT2D eigenvalue weighted by Crippen LogP contribution is -2.48. The summed E-state index contributed by atoms with van der Waals surface area (Å²) in [7, 11) is 3.21. The fourth-order valence-corrected chi connectivity index (χ4v) is 3.70. The Morgan fingerprint density at radius 1 is 1.15 bits per heavy atom. The van der Waals surface area contributed by atoms with Crippen LogP contribution in [0, 0.1) is 11.3 Å². The first kappa shape index (κ1) is 19.5. The van der Waals surface area contributed by atoms with Crippen molar-refractivity contribution >= 4 is 11.8 Å². The van der Waals surface area contributed by atoms with Crippen LogP contribution in [-0.2, 0) is 16.0 Å². The number of rotatable bonds is 7. The molecule has 2 amide bonds. The van der Waals surface area contributed by atoms with E-state index in [0.717, 1.165) is 31.5 Å². The molecule has 1 aromatic rings. The topological polar surface area (TPSA) is 67.9 Å². The first-order chi connectivity index (χ1) is 13.0. The molecule has 0 aromatic heterocycles. The van der Waals surface area contributed by atoms with Gasteiger partial charge in [-0.15, -0.1) is 0 Å². The first-order valence-corrected chi connectivity index (χ1v) is 9.79. The van der Waals surface area contributed by atoms with E-state index in [1.165, 1.54) is 0 Å². The van der Waals surface area contributed by atoms with Gasteiger partial charge in [0.2, 0.25) is 11.8 Å². The normalized spacial score (nSPS) is 18.7. The molecule has 1 saturated heterocycles. The second-order valence-electron chi connectivity index (χ2n) is 7.75. The Morgan fingerprint density at radius 3 is 2.41 bits per heavy atom. The number of piperidine rings is 1. The van der Waals surface area contributed by atoms with Crippen molar-refractivity contribution in [2.24, 2.45) is 11.3 Å². The summed E-state index contributed by atoms with van der Waals surface area (Å²) in [5, 5.41) is 2.97. The molecule has 0 spiro atoms. The van der Waals surface area contributed by atoms with Crippen LogP contribution in [-0.4, -0.2) is 50.6 Å². The Hall–Kier alpha value is -2.24. The van der Waals surface area contributed by atoms with Crippen molar-refractivity contribution in [1.82, 2.24) is 10.2 Å². The largest absolute Gasteiger partial charge is 0.493 e. The smallest absolute Gasteiger partial charge is 0.238 e. The number of methoxy groups -OCH3 is 2. The number of carbonyl (C=O) groups is 2. The highest BCUT2D eigenvalue weighted by Gasteiger charge is 2.57. The zero-order chi connectivity index (χ0) is 19.4. The number of hydrogen-bond acceptors (Lipinski definition) is 4. The molecule has 1 N–H and O–H groups in total. The fourth-order valence-electron chi connectivity index (χ4n) is 3.70. The molecular weight excluding hydrogens is 344 g/mol. The van der Waals surface area contributed by atoms with E-state index >= 15 is 0 Å². The molecule has 1 aliphatic carbocycles. The van der Waals surface area contributed by atoms with E-state index in [0.29, 0.717) is 43.2 Å². The zero-order valence-corrected chi connectivity index (χ0v) is 16.5. The summed E-state index contributed by atoms with van der Waals surface area (Å²) in [6.07, 6.45) is 4.07. The summed E-state index contributed by atoms with van der Waals surface area (Å²) in [5.74, 6) is 1.93. The van der Waals surface area contributed by atoms with Gasteiger partial charge in [-0.05, 0) is 55.7 Å². The Labute approximate surface area is 161 Å². The molecule has 0 unspecified atom stereocenters. The van der Waals surface area contributed by atoms with Gasteiger partial charge >= 0.3 is 0 Å². The van der Waals surface area contributed by atoms with Gasteiger partial charge in [0.1, 0.15) is 5.41 Å². The predicted molar refractivity (Wildman–Crippen MR) is 103 cm³/mol. The van der Waals surface area contributed by atoms with E-state index < -0.39 is 5.41 Å². The highest BCUT2D eigenvalue weighted by molar-refractivity contribution is 6.07. The van der Waals surface area contributed by atoms with Gasteiger partial charge in [-0.2, -0.15) is 0 Å². The van der Waals surface area contributed by atoms with Crippen LogP contribution in [0.4, 0.5) is 0 Å². The first-order valence-electron chi connectivity index (χ1n) is 9.79. The van der Waals surface area contributed by atoms with Crippen molar-refractivity contribution in [2.45, 2.75) is 39.0 Å².